The predicted molar refractivity (Wildman–Crippen MR) is 132 cm³/mol. The van der Waals surface area contributed by atoms with Gasteiger partial charge in [0.05, 0.1) is 24.1 Å². The van der Waals surface area contributed by atoms with Gasteiger partial charge in [-0.2, -0.15) is 5.10 Å². The first kappa shape index (κ1) is 22.8. The van der Waals surface area contributed by atoms with Crippen molar-refractivity contribution in [3.63, 3.8) is 0 Å². The third-order valence-corrected chi connectivity index (χ3v) is 6.52. The Balaban J connectivity index is 1.76. The van der Waals surface area contributed by atoms with Crippen molar-refractivity contribution >= 4 is 46.3 Å². The molecule has 0 radical (unpaired) electrons. The Morgan fingerprint density at radius 1 is 1.24 bits per heavy atom. The molecule has 33 heavy (non-hydrogen) atoms. The molecule has 3 aromatic rings. The molecule has 9 heteroatoms. The van der Waals surface area contributed by atoms with Gasteiger partial charge in [-0.3, -0.25) is 14.5 Å². The van der Waals surface area contributed by atoms with Crippen molar-refractivity contribution in [1.82, 2.24) is 14.7 Å². The van der Waals surface area contributed by atoms with Gasteiger partial charge in [0, 0.05) is 23.9 Å². The van der Waals surface area contributed by atoms with Crippen molar-refractivity contribution in [3.8, 4) is 22.7 Å². The highest BCUT2D eigenvalue weighted by Gasteiger charge is 2.32. The number of thiocarbonyl (C=S) groups is 1. The van der Waals surface area contributed by atoms with Crippen LogP contribution >= 0.6 is 24.0 Å². The maximum Gasteiger partial charge on any atom is 0.305 e. The minimum absolute atomic E-state index is 0.0468. The van der Waals surface area contributed by atoms with Crippen LogP contribution < -0.4 is 4.74 Å². The molecule has 1 amide bonds. The normalized spacial score (nSPS) is 14.8. The van der Waals surface area contributed by atoms with Gasteiger partial charge in [-0.25, -0.2) is 4.68 Å². The number of carboxylic acid groups (broad SMARTS) is 1. The Morgan fingerprint density at radius 3 is 2.67 bits per heavy atom. The number of aryl methyl sites for hydroxylation is 1. The summed E-state index contributed by atoms with van der Waals surface area (Å²) in [6.45, 7) is 2.01. The van der Waals surface area contributed by atoms with Crippen LogP contribution in [0.3, 0.4) is 0 Å². The minimum Gasteiger partial charge on any atom is -0.496 e. The fourth-order valence-electron chi connectivity index (χ4n) is 3.50. The Bertz CT molecular complexity index is 1270. The number of carboxylic acids is 1. The molecule has 7 nitrogen and oxygen atoms in total. The maximum atomic E-state index is 12.9. The fraction of sp³-hybridized carbons (Fsp3) is 0.167. The summed E-state index contributed by atoms with van der Waals surface area (Å²) in [4.78, 5) is 25.6. The summed E-state index contributed by atoms with van der Waals surface area (Å²) in [6, 6.07) is 15.5. The molecule has 1 aliphatic heterocycles. The second kappa shape index (κ2) is 9.60. The Hall–Kier alpha value is -3.43. The number of aromatic nitrogens is 2. The van der Waals surface area contributed by atoms with Crippen molar-refractivity contribution in [1.29, 1.82) is 0 Å². The highest BCUT2D eigenvalue weighted by molar-refractivity contribution is 8.26. The van der Waals surface area contributed by atoms with E-state index in [0.29, 0.717) is 14.9 Å². The fourth-order valence-corrected chi connectivity index (χ4v) is 4.80. The van der Waals surface area contributed by atoms with Crippen molar-refractivity contribution in [2.75, 3.05) is 13.7 Å². The molecule has 2 aromatic carbocycles. The van der Waals surface area contributed by atoms with E-state index in [0.717, 1.165) is 28.1 Å². The molecular weight excluding hydrogens is 458 g/mol. The number of benzene rings is 2. The van der Waals surface area contributed by atoms with Gasteiger partial charge in [0.25, 0.3) is 5.91 Å². The molecule has 1 aromatic heterocycles. The van der Waals surface area contributed by atoms with Crippen molar-refractivity contribution < 1.29 is 19.4 Å². The van der Waals surface area contributed by atoms with Gasteiger partial charge in [-0.05, 0) is 48.9 Å². The Labute approximate surface area is 200 Å². The first-order valence-electron chi connectivity index (χ1n) is 10.1. The molecular formula is C24H21N3O4S2. The topological polar surface area (TPSA) is 84.7 Å². The molecule has 2 heterocycles. The lowest BCUT2D eigenvalue weighted by Gasteiger charge is -2.12. The minimum atomic E-state index is -0.977. The Kier molecular flexibility index (Phi) is 6.62. The smallest absolute Gasteiger partial charge is 0.305 e. The summed E-state index contributed by atoms with van der Waals surface area (Å²) in [5.41, 5.74) is 4.20. The van der Waals surface area contributed by atoms with Gasteiger partial charge >= 0.3 is 5.97 Å². The van der Waals surface area contributed by atoms with Gasteiger partial charge in [-0.1, -0.05) is 42.2 Å². The molecule has 0 atom stereocenters. The van der Waals surface area contributed by atoms with Gasteiger partial charge in [0.15, 0.2) is 0 Å². The van der Waals surface area contributed by atoms with Gasteiger partial charge in [0.1, 0.15) is 15.8 Å². The summed E-state index contributed by atoms with van der Waals surface area (Å²) >= 11 is 6.48. The van der Waals surface area contributed by atoms with Crippen LogP contribution in [0, 0.1) is 6.92 Å². The lowest BCUT2D eigenvalue weighted by Crippen LogP contribution is -2.30. The molecule has 0 saturated carbocycles. The number of hydrogen-bond acceptors (Lipinski definition) is 6. The number of methoxy groups -OCH3 is 1. The number of ether oxygens (including phenoxy) is 1. The highest BCUT2D eigenvalue weighted by Crippen LogP contribution is 2.35. The molecule has 168 valence electrons. The molecule has 1 fully saturated rings. The molecule has 1 N–H and O–H groups in total. The monoisotopic (exact) mass is 479 g/mol. The summed E-state index contributed by atoms with van der Waals surface area (Å²) in [5, 5.41) is 13.8. The van der Waals surface area contributed by atoms with Gasteiger partial charge in [0.2, 0.25) is 0 Å². The van der Waals surface area contributed by atoms with Crippen molar-refractivity contribution in [2.24, 2.45) is 0 Å². The van der Waals surface area contributed by atoms with E-state index in [1.807, 2.05) is 61.7 Å². The van der Waals surface area contributed by atoms with E-state index in [1.54, 1.807) is 17.9 Å². The first-order chi connectivity index (χ1) is 15.9. The quantitative estimate of drug-likeness (QED) is 0.394. The van der Waals surface area contributed by atoms with E-state index < -0.39 is 5.97 Å². The Morgan fingerprint density at radius 2 is 2.00 bits per heavy atom. The lowest BCUT2D eigenvalue weighted by molar-refractivity contribution is -0.137. The number of rotatable bonds is 7. The van der Waals surface area contributed by atoms with Crippen LogP contribution in [0.25, 0.3) is 23.0 Å². The SMILES string of the molecule is COc1ccc(-c2nn(-c3ccccc3)cc2C=C2SC(=S)N(CCC(=O)O)C2=O)cc1C. The number of aliphatic carboxylic acids is 1. The van der Waals surface area contributed by atoms with Crippen molar-refractivity contribution in [3.05, 3.63) is 70.8 Å². The van der Waals surface area contributed by atoms with Crippen LogP contribution in [-0.4, -0.2) is 49.6 Å². The van der Waals surface area contributed by atoms with Crippen LogP contribution in [0.1, 0.15) is 17.5 Å². The van der Waals surface area contributed by atoms with Crippen LogP contribution in [-0.2, 0) is 9.59 Å². The van der Waals surface area contributed by atoms with Crippen molar-refractivity contribution in [2.45, 2.75) is 13.3 Å². The maximum absolute atomic E-state index is 12.9. The summed E-state index contributed by atoms with van der Waals surface area (Å²) < 4.78 is 7.50. The molecule has 0 bridgehead atoms. The molecule has 4 rings (SSSR count). The highest BCUT2D eigenvalue weighted by atomic mass is 32.2. The largest absolute Gasteiger partial charge is 0.496 e. The number of thioether (sulfide) groups is 1. The number of carbonyl (C=O) groups is 2. The third kappa shape index (κ3) is 4.84. The summed E-state index contributed by atoms with van der Waals surface area (Å²) in [6.07, 6.45) is 3.47. The zero-order valence-corrected chi connectivity index (χ0v) is 19.7. The van der Waals surface area contributed by atoms with Crippen LogP contribution in [0.2, 0.25) is 0 Å². The summed E-state index contributed by atoms with van der Waals surface area (Å²) in [5.74, 6) is -0.494. The molecule has 0 aliphatic carbocycles. The zero-order chi connectivity index (χ0) is 23.5. The van der Waals surface area contributed by atoms with Crippen LogP contribution in [0.5, 0.6) is 5.75 Å². The number of hydrogen-bond donors (Lipinski definition) is 1. The zero-order valence-electron chi connectivity index (χ0n) is 18.0. The van der Waals surface area contributed by atoms with E-state index in [-0.39, 0.29) is 18.9 Å². The van der Waals surface area contributed by atoms with Crippen LogP contribution in [0.4, 0.5) is 0 Å². The summed E-state index contributed by atoms with van der Waals surface area (Å²) in [7, 11) is 1.63. The standard InChI is InChI=1S/C24H21N3O4S2/c1-15-12-16(8-9-19(15)31-2)22-17(14-27(25-22)18-6-4-3-5-7-18)13-20-23(30)26(24(32)33-20)11-10-21(28)29/h3-9,12-14H,10-11H2,1-2H3,(H,28,29). The first-order valence-corrected chi connectivity index (χ1v) is 11.4. The predicted octanol–water partition coefficient (Wildman–Crippen LogP) is 4.53. The second-order valence-electron chi connectivity index (χ2n) is 7.37. The van der Waals surface area contributed by atoms with E-state index in [1.165, 1.54) is 16.7 Å². The average Bonchev–Trinajstić information content (AvgIpc) is 3.33. The number of para-hydroxylation sites is 1. The van der Waals surface area contributed by atoms with Crippen LogP contribution in [0.15, 0.2) is 59.6 Å². The van der Waals surface area contributed by atoms with E-state index in [9.17, 15) is 9.59 Å². The van der Waals surface area contributed by atoms with Gasteiger partial charge in [-0.15, -0.1) is 0 Å². The number of carbonyl (C=O) groups excluding carboxylic acids is 1. The number of nitrogens with zero attached hydrogens (tertiary/aromatic N) is 3. The van der Waals surface area contributed by atoms with Gasteiger partial charge < -0.3 is 9.84 Å². The lowest BCUT2D eigenvalue weighted by atomic mass is 10.0. The third-order valence-electron chi connectivity index (χ3n) is 5.14. The molecule has 0 unspecified atom stereocenters. The second-order valence-corrected chi connectivity index (χ2v) is 9.05. The van der Waals surface area contributed by atoms with E-state index >= 15 is 0 Å². The molecule has 1 aliphatic rings. The average molecular weight is 480 g/mol. The molecule has 0 spiro atoms. The van der Waals surface area contributed by atoms with E-state index in [4.69, 9.17) is 27.2 Å². The molecule has 1 saturated heterocycles. The van der Waals surface area contributed by atoms with E-state index in [2.05, 4.69) is 0 Å². The number of amides is 1.